The number of anilines is 3. The average molecular weight is 526 g/mol. The first kappa shape index (κ1) is 22.3. The fraction of sp³-hybridized carbons (Fsp3) is 0. The number of benzene rings is 7. The summed E-state index contributed by atoms with van der Waals surface area (Å²) in [7, 11) is 0. The zero-order chi connectivity index (χ0) is 26.9. The number of nitrogens with zero attached hydrogens (tertiary/aromatic N) is 1. The van der Waals surface area contributed by atoms with Crippen molar-refractivity contribution in [3.8, 4) is 0 Å². The van der Waals surface area contributed by atoms with E-state index in [-0.39, 0.29) is 0 Å². The standard InChI is InChI=1S/C38H23NO2/c1-2-10-26(11-3-1)39(27-20-19-25-18-17-24-9-4-5-12-28(24)32(25)23-27)33-15-8-14-29-30-21-22-35-36(38(30)41-37(29)33)31-13-6-7-16-34(31)40-35/h1-23H. The number of hydrogen-bond acceptors (Lipinski definition) is 3. The van der Waals surface area contributed by atoms with Gasteiger partial charge in [0, 0.05) is 27.5 Å². The predicted octanol–water partition coefficient (Wildman–Crippen LogP) is 11.3. The number of para-hydroxylation sites is 3. The third-order valence-electron chi connectivity index (χ3n) is 8.23. The van der Waals surface area contributed by atoms with Gasteiger partial charge in [0.1, 0.15) is 16.7 Å². The third-order valence-corrected chi connectivity index (χ3v) is 8.23. The normalized spacial score (nSPS) is 11.9. The van der Waals surface area contributed by atoms with E-state index in [1.807, 2.05) is 18.2 Å². The average Bonchev–Trinajstić information content (AvgIpc) is 3.60. The minimum atomic E-state index is 0.834. The number of fused-ring (bicyclic) bond motifs is 10. The quantitative estimate of drug-likeness (QED) is 0.215. The van der Waals surface area contributed by atoms with E-state index in [9.17, 15) is 0 Å². The molecule has 3 nitrogen and oxygen atoms in total. The van der Waals surface area contributed by atoms with Crippen molar-refractivity contribution in [3.63, 3.8) is 0 Å². The van der Waals surface area contributed by atoms with Crippen molar-refractivity contribution < 1.29 is 8.83 Å². The summed E-state index contributed by atoms with van der Waals surface area (Å²) in [6.07, 6.45) is 0. The summed E-state index contributed by atoms with van der Waals surface area (Å²) in [6, 6.07) is 49.0. The van der Waals surface area contributed by atoms with E-state index in [0.29, 0.717) is 0 Å². The Balaban J connectivity index is 1.35. The fourth-order valence-electron chi connectivity index (χ4n) is 6.36. The van der Waals surface area contributed by atoms with Gasteiger partial charge in [-0.1, -0.05) is 91.0 Å². The molecule has 192 valence electrons. The highest BCUT2D eigenvalue weighted by molar-refractivity contribution is 6.23. The van der Waals surface area contributed by atoms with Crippen molar-refractivity contribution in [2.45, 2.75) is 0 Å². The Morgan fingerprint density at radius 2 is 1.10 bits per heavy atom. The van der Waals surface area contributed by atoms with Gasteiger partial charge in [-0.15, -0.1) is 0 Å². The van der Waals surface area contributed by atoms with Crippen LogP contribution < -0.4 is 4.90 Å². The number of hydrogen-bond donors (Lipinski definition) is 0. The maximum Gasteiger partial charge on any atom is 0.159 e. The first-order chi connectivity index (χ1) is 20.3. The van der Waals surface area contributed by atoms with Crippen molar-refractivity contribution >= 4 is 82.5 Å². The molecule has 7 aromatic carbocycles. The fourth-order valence-corrected chi connectivity index (χ4v) is 6.36. The van der Waals surface area contributed by atoms with Gasteiger partial charge >= 0.3 is 0 Å². The topological polar surface area (TPSA) is 29.5 Å². The van der Waals surface area contributed by atoms with Gasteiger partial charge in [0.2, 0.25) is 0 Å². The van der Waals surface area contributed by atoms with Gasteiger partial charge in [0.15, 0.2) is 5.58 Å². The Hall–Kier alpha value is -5.54. The summed E-state index contributed by atoms with van der Waals surface area (Å²) in [5.41, 5.74) is 6.54. The highest BCUT2D eigenvalue weighted by atomic mass is 16.3. The molecule has 0 radical (unpaired) electrons. The SMILES string of the molecule is c1ccc(N(c2ccc3ccc4ccccc4c3c2)c2cccc3c2oc2c3ccc3oc4ccccc4c32)cc1. The van der Waals surface area contributed by atoms with E-state index >= 15 is 0 Å². The van der Waals surface area contributed by atoms with Gasteiger partial charge in [0.05, 0.1) is 11.1 Å². The Morgan fingerprint density at radius 3 is 2.00 bits per heavy atom. The second kappa shape index (κ2) is 8.48. The second-order valence-electron chi connectivity index (χ2n) is 10.5. The molecule has 3 heteroatoms. The van der Waals surface area contributed by atoms with Gasteiger partial charge in [-0.05, 0) is 70.1 Å². The molecule has 9 aromatic rings. The smallest absolute Gasteiger partial charge is 0.159 e. The molecule has 0 spiro atoms. The lowest BCUT2D eigenvalue weighted by atomic mass is 10.0. The largest absolute Gasteiger partial charge is 0.456 e. The van der Waals surface area contributed by atoms with Crippen LogP contribution in [0.25, 0.3) is 65.4 Å². The lowest BCUT2D eigenvalue weighted by Gasteiger charge is -2.26. The van der Waals surface area contributed by atoms with Crippen LogP contribution in [0.5, 0.6) is 0 Å². The molecule has 2 aromatic heterocycles. The van der Waals surface area contributed by atoms with E-state index in [0.717, 1.165) is 60.9 Å². The van der Waals surface area contributed by atoms with Gasteiger partial charge in [-0.25, -0.2) is 0 Å². The van der Waals surface area contributed by atoms with Gasteiger partial charge in [0.25, 0.3) is 0 Å². The molecule has 0 aliphatic carbocycles. The molecule has 2 heterocycles. The van der Waals surface area contributed by atoms with Gasteiger partial charge in [-0.2, -0.15) is 0 Å². The minimum Gasteiger partial charge on any atom is -0.456 e. The summed E-state index contributed by atoms with van der Waals surface area (Å²) >= 11 is 0. The molecule has 0 N–H and O–H groups in total. The first-order valence-electron chi connectivity index (χ1n) is 13.9. The molecule has 0 fully saturated rings. The van der Waals surface area contributed by atoms with Crippen LogP contribution in [0.2, 0.25) is 0 Å². The molecule has 0 atom stereocenters. The highest BCUT2D eigenvalue weighted by Crippen LogP contribution is 2.45. The summed E-state index contributed by atoms with van der Waals surface area (Å²) in [4.78, 5) is 2.30. The lowest BCUT2D eigenvalue weighted by Crippen LogP contribution is -2.10. The highest BCUT2D eigenvalue weighted by Gasteiger charge is 2.22. The minimum absolute atomic E-state index is 0.834. The second-order valence-corrected chi connectivity index (χ2v) is 10.5. The molecule has 9 rings (SSSR count). The van der Waals surface area contributed by atoms with E-state index in [1.165, 1.54) is 21.5 Å². The Labute approximate surface area is 235 Å². The Kier molecular flexibility index (Phi) is 4.61. The molecule has 0 saturated carbocycles. The maximum absolute atomic E-state index is 6.84. The van der Waals surface area contributed by atoms with Crippen LogP contribution in [-0.2, 0) is 0 Å². The van der Waals surface area contributed by atoms with Crippen molar-refractivity contribution in [1.82, 2.24) is 0 Å². The summed E-state index contributed by atoms with van der Waals surface area (Å²) in [5.74, 6) is 0. The Morgan fingerprint density at radius 1 is 0.390 bits per heavy atom. The molecular formula is C38H23NO2. The van der Waals surface area contributed by atoms with Crippen molar-refractivity contribution in [3.05, 3.63) is 140 Å². The third kappa shape index (κ3) is 3.26. The zero-order valence-electron chi connectivity index (χ0n) is 22.0. The van der Waals surface area contributed by atoms with Crippen molar-refractivity contribution in [2.75, 3.05) is 4.90 Å². The molecule has 0 bridgehead atoms. The van der Waals surface area contributed by atoms with Crippen LogP contribution in [0.15, 0.2) is 148 Å². The van der Waals surface area contributed by atoms with Crippen LogP contribution in [0.1, 0.15) is 0 Å². The Bertz CT molecular complexity index is 2430. The predicted molar refractivity (Wildman–Crippen MR) is 171 cm³/mol. The van der Waals surface area contributed by atoms with E-state index < -0.39 is 0 Å². The van der Waals surface area contributed by atoms with Crippen LogP contribution in [0, 0.1) is 0 Å². The summed E-state index contributed by atoms with van der Waals surface area (Å²) < 4.78 is 13.0. The number of rotatable bonds is 3. The van der Waals surface area contributed by atoms with Crippen molar-refractivity contribution in [1.29, 1.82) is 0 Å². The van der Waals surface area contributed by atoms with Gasteiger partial charge < -0.3 is 13.7 Å². The maximum atomic E-state index is 6.84. The molecule has 41 heavy (non-hydrogen) atoms. The zero-order valence-corrected chi connectivity index (χ0v) is 22.0. The van der Waals surface area contributed by atoms with Crippen LogP contribution >= 0.6 is 0 Å². The van der Waals surface area contributed by atoms with Crippen LogP contribution in [-0.4, -0.2) is 0 Å². The van der Waals surface area contributed by atoms with Crippen molar-refractivity contribution in [2.24, 2.45) is 0 Å². The van der Waals surface area contributed by atoms with E-state index in [1.54, 1.807) is 0 Å². The van der Waals surface area contributed by atoms with Gasteiger partial charge in [-0.3, -0.25) is 0 Å². The molecule has 0 aliphatic heterocycles. The lowest BCUT2D eigenvalue weighted by molar-refractivity contribution is 0.663. The molecule has 0 unspecified atom stereocenters. The summed E-state index contributed by atoms with van der Waals surface area (Å²) in [6.45, 7) is 0. The molecule has 0 aliphatic rings. The monoisotopic (exact) mass is 525 g/mol. The first-order valence-corrected chi connectivity index (χ1v) is 13.9. The van der Waals surface area contributed by atoms with E-state index in [4.69, 9.17) is 8.83 Å². The molecule has 0 amide bonds. The summed E-state index contributed by atoms with van der Waals surface area (Å²) in [5, 5.41) is 9.17. The van der Waals surface area contributed by atoms with Crippen LogP contribution in [0.4, 0.5) is 17.1 Å². The molecular weight excluding hydrogens is 502 g/mol. The molecule has 0 saturated heterocycles. The van der Waals surface area contributed by atoms with Crippen LogP contribution in [0.3, 0.4) is 0 Å². The van der Waals surface area contributed by atoms with E-state index in [2.05, 4.69) is 126 Å². The number of furan rings is 2.